The van der Waals surface area contributed by atoms with Gasteiger partial charge in [-0.05, 0) is 26.2 Å². The molecule has 20 heavy (non-hydrogen) atoms. The summed E-state index contributed by atoms with van der Waals surface area (Å²) in [4.78, 5) is 0.210. The molecule has 0 bridgehead atoms. The molecule has 0 amide bonds. The van der Waals surface area contributed by atoms with Gasteiger partial charge in [-0.25, -0.2) is 13.1 Å². The molecule has 6 nitrogen and oxygen atoms in total. The van der Waals surface area contributed by atoms with Crippen LogP contribution in [0.1, 0.15) is 39.1 Å². The zero-order valence-electron chi connectivity index (χ0n) is 13.1. The van der Waals surface area contributed by atoms with Gasteiger partial charge in [0.1, 0.15) is 4.90 Å². The summed E-state index contributed by atoms with van der Waals surface area (Å²) >= 11 is 0. The van der Waals surface area contributed by atoms with Gasteiger partial charge in [0.2, 0.25) is 10.0 Å². The normalized spacial score (nSPS) is 14.6. The second kappa shape index (κ2) is 5.83. The van der Waals surface area contributed by atoms with E-state index in [4.69, 9.17) is 5.11 Å². The summed E-state index contributed by atoms with van der Waals surface area (Å²) in [7, 11) is -3.62. The molecule has 0 aliphatic carbocycles. The average molecular weight is 303 g/mol. The van der Waals surface area contributed by atoms with E-state index in [2.05, 4.69) is 9.82 Å². The molecular weight excluding hydrogens is 278 g/mol. The van der Waals surface area contributed by atoms with Crippen molar-refractivity contribution in [2.24, 2.45) is 5.41 Å². The molecule has 1 heterocycles. The Hall–Kier alpha value is -0.920. The molecular formula is C13H25N3O3S. The Labute approximate surface area is 121 Å². The van der Waals surface area contributed by atoms with Crippen LogP contribution in [0, 0.1) is 19.3 Å². The minimum Gasteiger partial charge on any atom is -0.394 e. The van der Waals surface area contributed by atoms with Crippen LogP contribution < -0.4 is 4.72 Å². The predicted molar refractivity (Wildman–Crippen MR) is 78.0 cm³/mol. The van der Waals surface area contributed by atoms with Crippen molar-refractivity contribution in [1.29, 1.82) is 0 Å². The van der Waals surface area contributed by atoms with Gasteiger partial charge in [0.05, 0.1) is 24.5 Å². The highest BCUT2D eigenvalue weighted by molar-refractivity contribution is 7.89. The van der Waals surface area contributed by atoms with Crippen LogP contribution in [0.2, 0.25) is 0 Å². The fraction of sp³-hybridized carbons (Fsp3) is 0.769. The van der Waals surface area contributed by atoms with Crippen molar-refractivity contribution in [1.82, 2.24) is 14.5 Å². The van der Waals surface area contributed by atoms with Crippen LogP contribution in [-0.4, -0.2) is 36.0 Å². The lowest BCUT2D eigenvalue weighted by Crippen LogP contribution is -2.41. The van der Waals surface area contributed by atoms with E-state index in [-0.39, 0.29) is 29.5 Å². The van der Waals surface area contributed by atoms with Crippen molar-refractivity contribution in [2.75, 3.05) is 6.61 Å². The lowest BCUT2D eigenvalue weighted by molar-refractivity contribution is 0.267. The molecule has 0 radical (unpaired) electrons. The Bertz CT molecular complexity index is 570. The molecule has 116 valence electrons. The van der Waals surface area contributed by atoms with Crippen LogP contribution >= 0.6 is 0 Å². The lowest BCUT2D eigenvalue weighted by Gasteiger charge is -2.27. The number of nitrogens with zero attached hydrogens (tertiary/aromatic N) is 2. The zero-order chi connectivity index (χ0) is 15.7. The monoisotopic (exact) mass is 303 g/mol. The largest absolute Gasteiger partial charge is 0.394 e. The highest BCUT2D eigenvalue weighted by Gasteiger charge is 2.30. The first-order chi connectivity index (χ1) is 9.00. The SMILES string of the molecule is Cc1nn(CCO)c(C)c1S(=O)(=O)NC(C)C(C)(C)C. The summed E-state index contributed by atoms with van der Waals surface area (Å²) in [5, 5.41) is 13.1. The van der Waals surface area contributed by atoms with Gasteiger partial charge >= 0.3 is 0 Å². The Kier molecular flexibility index (Phi) is 4.99. The molecule has 0 aliphatic heterocycles. The number of sulfonamides is 1. The van der Waals surface area contributed by atoms with E-state index in [1.807, 2.05) is 27.7 Å². The molecule has 1 atom stereocenters. The topological polar surface area (TPSA) is 84.2 Å². The second-order valence-corrected chi connectivity index (χ2v) is 7.81. The van der Waals surface area contributed by atoms with Crippen LogP contribution in [0.25, 0.3) is 0 Å². The molecule has 1 aromatic rings. The third-order valence-electron chi connectivity index (χ3n) is 3.53. The van der Waals surface area contributed by atoms with Gasteiger partial charge in [-0.2, -0.15) is 5.10 Å². The van der Waals surface area contributed by atoms with Gasteiger partial charge in [0.25, 0.3) is 0 Å². The van der Waals surface area contributed by atoms with E-state index < -0.39 is 10.0 Å². The number of rotatable bonds is 5. The number of hydrogen-bond acceptors (Lipinski definition) is 4. The molecule has 0 aromatic carbocycles. The second-order valence-electron chi connectivity index (χ2n) is 6.16. The minimum atomic E-state index is -3.62. The van der Waals surface area contributed by atoms with Crippen molar-refractivity contribution < 1.29 is 13.5 Å². The summed E-state index contributed by atoms with van der Waals surface area (Å²) in [6.07, 6.45) is 0. The number of aryl methyl sites for hydroxylation is 1. The van der Waals surface area contributed by atoms with E-state index in [9.17, 15) is 8.42 Å². The molecule has 1 rings (SSSR count). The maximum Gasteiger partial charge on any atom is 0.244 e. The highest BCUT2D eigenvalue weighted by atomic mass is 32.2. The van der Waals surface area contributed by atoms with Crippen LogP contribution in [0.4, 0.5) is 0 Å². The maximum atomic E-state index is 12.5. The summed E-state index contributed by atoms with van der Waals surface area (Å²) < 4.78 is 29.3. The first kappa shape index (κ1) is 17.1. The molecule has 2 N–H and O–H groups in total. The van der Waals surface area contributed by atoms with Crippen LogP contribution in [-0.2, 0) is 16.6 Å². The average Bonchev–Trinajstić information content (AvgIpc) is 2.53. The van der Waals surface area contributed by atoms with E-state index in [1.54, 1.807) is 13.8 Å². The summed E-state index contributed by atoms with van der Waals surface area (Å²) in [5.41, 5.74) is 0.824. The molecule has 0 saturated carbocycles. The van der Waals surface area contributed by atoms with Crippen molar-refractivity contribution in [3.63, 3.8) is 0 Å². The van der Waals surface area contributed by atoms with Gasteiger partial charge < -0.3 is 5.11 Å². The lowest BCUT2D eigenvalue weighted by atomic mass is 9.89. The maximum absolute atomic E-state index is 12.5. The molecule has 0 spiro atoms. The highest BCUT2D eigenvalue weighted by Crippen LogP contribution is 2.24. The summed E-state index contributed by atoms with van der Waals surface area (Å²) in [6.45, 7) is 11.4. The van der Waals surface area contributed by atoms with E-state index in [0.29, 0.717) is 11.4 Å². The van der Waals surface area contributed by atoms with Gasteiger partial charge in [0, 0.05) is 6.04 Å². The molecule has 1 aromatic heterocycles. The Morgan fingerprint density at radius 3 is 2.35 bits per heavy atom. The van der Waals surface area contributed by atoms with Gasteiger partial charge in [-0.15, -0.1) is 0 Å². The number of hydrogen-bond donors (Lipinski definition) is 2. The quantitative estimate of drug-likeness (QED) is 0.856. The van der Waals surface area contributed by atoms with Crippen molar-refractivity contribution in [3.8, 4) is 0 Å². The van der Waals surface area contributed by atoms with Crippen molar-refractivity contribution in [3.05, 3.63) is 11.4 Å². The number of nitrogens with one attached hydrogen (secondary N) is 1. The molecule has 0 saturated heterocycles. The van der Waals surface area contributed by atoms with Crippen LogP contribution in [0.15, 0.2) is 4.90 Å². The number of aromatic nitrogens is 2. The van der Waals surface area contributed by atoms with Gasteiger partial charge in [-0.3, -0.25) is 4.68 Å². The number of aliphatic hydroxyl groups excluding tert-OH is 1. The fourth-order valence-corrected chi connectivity index (χ4v) is 3.71. The van der Waals surface area contributed by atoms with Crippen molar-refractivity contribution in [2.45, 2.75) is 59.0 Å². The molecule has 0 aliphatic rings. The Balaban J connectivity index is 3.17. The first-order valence-electron chi connectivity index (χ1n) is 6.68. The Morgan fingerprint density at radius 1 is 1.35 bits per heavy atom. The third-order valence-corrected chi connectivity index (χ3v) is 5.32. The molecule has 0 fully saturated rings. The minimum absolute atomic E-state index is 0.0761. The van der Waals surface area contributed by atoms with Gasteiger partial charge in [0.15, 0.2) is 0 Å². The van der Waals surface area contributed by atoms with E-state index in [0.717, 1.165) is 0 Å². The summed E-state index contributed by atoms with van der Waals surface area (Å²) in [5.74, 6) is 0. The molecule has 1 unspecified atom stereocenters. The van der Waals surface area contributed by atoms with E-state index in [1.165, 1.54) is 4.68 Å². The first-order valence-corrected chi connectivity index (χ1v) is 8.16. The van der Waals surface area contributed by atoms with Crippen molar-refractivity contribution >= 4 is 10.0 Å². The Morgan fingerprint density at radius 2 is 1.90 bits per heavy atom. The summed E-state index contributed by atoms with van der Waals surface area (Å²) in [6, 6.07) is -0.201. The van der Waals surface area contributed by atoms with Crippen LogP contribution in [0.5, 0.6) is 0 Å². The third kappa shape index (κ3) is 3.59. The van der Waals surface area contributed by atoms with E-state index >= 15 is 0 Å². The predicted octanol–water partition coefficient (Wildman–Crippen LogP) is 1.21. The van der Waals surface area contributed by atoms with Gasteiger partial charge in [-0.1, -0.05) is 20.8 Å². The molecule has 7 heteroatoms. The van der Waals surface area contributed by atoms with Crippen LogP contribution in [0.3, 0.4) is 0 Å². The fourth-order valence-electron chi connectivity index (χ4n) is 1.85. The number of aliphatic hydroxyl groups is 1. The zero-order valence-corrected chi connectivity index (χ0v) is 13.9. The smallest absolute Gasteiger partial charge is 0.244 e. The standard InChI is InChI=1S/C13H25N3O3S/c1-9-12(10(2)16(14-9)7-8-17)20(18,19)15-11(3)13(4,5)6/h11,15,17H,7-8H2,1-6H3.